The first kappa shape index (κ1) is 13.5. The van der Waals surface area contributed by atoms with Gasteiger partial charge in [-0.2, -0.15) is 0 Å². The maximum Gasteiger partial charge on any atom is 0.194 e. The third kappa shape index (κ3) is 2.92. The summed E-state index contributed by atoms with van der Waals surface area (Å²) in [6.07, 6.45) is 0. The van der Waals surface area contributed by atoms with Crippen molar-refractivity contribution in [2.24, 2.45) is 0 Å². The first-order valence-electron chi connectivity index (χ1n) is 5.25. The first-order valence-corrected chi connectivity index (χ1v) is 7.13. The zero-order valence-corrected chi connectivity index (χ0v) is 13.4. The first-order chi connectivity index (χ1) is 8.61. The van der Waals surface area contributed by atoms with Crippen molar-refractivity contribution in [3.8, 4) is 5.75 Å². The Balaban J connectivity index is 2.40. The van der Waals surface area contributed by atoms with Gasteiger partial charge in [0.15, 0.2) is 5.78 Å². The number of hydrogen-bond donors (Lipinski definition) is 0. The second-order valence-corrected chi connectivity index (χ2v) is 5.79. The Morgan fingerprint density at radius 1 is 1.22 bits per heavy atom. The van der Waals surface area contributed by atoms with Crippen LogP contribution in [0.15, 0.2) is 46.9 Å². The van der Waals surface area contributed by atoms with Crippen molar-refractivity contribution in [1.82, 2.24) is 0 Å². The predicted molar refractivity (Wildman–Crippen MR) is 83.3 cm³/mol. The van der Waals surface area contributed by atoms with Crippen molar-refractivity contribution in [2.75, 3.05) is 7.11 Å². The van der Waals surface area contributed by atoms with Gasteiger partial charge in [0, 0.05) is 19.2 Å². The molecule has 0 N–H and O–H groups in total. The zero-order chi connectivity index (χ0) is 13.1. The average Bonchev–Trinajstić information content (AvgIpc) is 2.37. The van der Waals surface area contributed by atoms with Gasteiger partial charge in [-0.15, -0.1) is 0 Å². The normalized spacial score (nSPS) is 10.2. The lowest BCUT2D eigenvalue weighted by Gasteiger charge is -2.06. The number of ketones is 1. The molecule has 0 saturated carbocycles. The van der Waals surface area contributed by atoms with Gasteiger partial charge in [0.2, 0.25) is 0 Å². The van der Waals surface area contributed by atoms with Crippen LogP contribution in [0.25, 0.3) is 0 Å². The highest BCUT2D eigenvalue weighted by atomic mass is 127. The quantitative estimate of drug-likeness (QED) is 0.551. The summed E-state index contributed by atoms with van der Waals surface area (Å²) in [4.78, 5) is 12.3. The fraction of sp³-hybridized carbons (Fsp3) is 0.0714. The minimum Gasteiger partial charge on any atom is -0.497 e. The van der Waals surface area contributed by atoms with Crippen LogP contribution in [0.3, 0.4) is 0 Å². The van der Waals surface area contributed by atoms with E-state index in [-0.39, 0.29) is 5.78 Å². The number of halogens is 2. The van der Waals surface area contributed by atoms with Gasteiger partial charge in [-0.3, -0.25) is 4.79 Å². The summed E-state index contributed by atoms with van der Waals surface area (Å²) in [7, 11) is 1.60. The summed E-state index contributed by atoms with van der Waals surface area (Å²) in [5, 5.41) is 0. The van der Waals surface area contributed by atoms with E-state index in [9.17, 15) is 4.79 Å². The number of hydrogen-bond acceptors (Lipinski definition) is 2. The van der Waals surface area contributed by atoms with E-state index in [2.05, 4.69) is 38.5 Å². The molecule has 2 nitrogen and oxygen atoms in total. The predicted octanol–water partition coefficient (Wildman–Crippen LogP) is 4.29. The summed E-state index contributed by atoms with van der Waals surface area (Å²) >= 11 is 5.60. The monoisotopic (exact) mass is 416 g/mol. The maximum absolute atomic E-state index is 12.3. The SMILES string of the molecule is COc1ccc(C(=O)c2cccc(I)c2)c(Br)c1. The lowest BCUT2D eigenvalue weighted by molar-refractivity contribution is 0.103. The highest BCUT2D eigenvalue weighted by Crippen LogP contribution is 2.25. The Labute approximate surface area is 128 Å². The summed E-state index contributed by atoms with van der Waals surface area (Å²) in [5.74, 6) is 0.726. The van der Waals surface area contributed by atoms with Gasteiger partial charge >= 0.3 is 0 Å². The molecule has 0 spiro atoms. The van der Waals surface area contributed by atoms with E-state index in [1.54, 1.807) is 25.3 Å². The van der Waals surface area contributed by atoms with E-state index in [1.165, 1.54) is 0 Å². The van der Waals surface area contributed by atoms with E-state index in [0.717, 1.165) is 13.8 Å². The third-order valence-electron chi connectivity index (χ3n) is 2.51. The van der Waals surface area contributed by atoms with Gasteiger partial charge in [-0.1, -0.05) is 12.1 Å². The second kappa shape index (κ2) is 5.84. The van der Waals surface area contributed by atoms with Crippen molar-refractivity contribution < 1.29 is 9.53 Å². The molecule has 0 atom stereocenters. The van der Waals surface area contributed by atoms with E-state index in [1.807, 2.05) is 24.3 Å². The van der Waals surface area contributed by atoms with Crippen LogP contribution in [-0.4, -0.2) is 12.9 Å². The molecule has 0 radical (unpaired) electrons. The van der Waals surface area contributed by atoms with Crippen molar-refractivity contribution >= 4 is 44.3 Å². The maximum atomic E-state index is 12.3. The average molecular weight is 417 g/mol. The molecule has 0 aliphatic rings. The minimum atomic E-state index is 0.00282. The Kier molecular flexibility index (Phi) is 4.40. The number of methoxy groups -OCH3 is 1. The van der Waals surface area contributed by atoms with Gasteiger partial charge in [0.05, 0.1) is 7.11 Å². The topological polar surface area (TPSA) is 26.3 Å². The summed E-state index contributed by atoms with van der Waals surface area (Å²) in [6.45, 7) is 0. The van der Waals surface area contributed by atoms with Crippen LogP contribution in [0.4, 0.5) is 0 Å². The van der Waals surface area contributed by atoms with Crippen molar-refractivity contribution in [2.45, 2.75) is 0 Å². The standard InChI is InChI=1S/C14H10BrIO2/c1-18-11-5-6-12(13(15)8-11)14(17)9-3-2-4-10(16)7-9/h2-8H,1H3. The Hall–Kier alpha value is -0.880. The van der Waals surface area contributed by atoms with E-state index in [4.69, 9.17) is 4.74 Å². The molecule has 4 heteroatoms. The van der Waals surface area contributed by atoms with E-state index < -0.39 is 0 Å². The fourth-order valence-electron chi connectivity index (χ4n) is 1.59. The van der Waals surface area contributed by atoms with Crippen LogP contribution in [0.2, 0.25) is 0 Å². The summed E-state index contributed by atoms with van der Waals surface area (Å²) in [5.41, 5.74) is 1.32. The van der Waals surface area contributed by atoms with Crippen LogP contribution in [0, 0.1) is 3.57 Å². The third-order valence-corrected chi connectivity index (χ3v) is 3.83. The molecule has 0 saturated heterocycles. The molecule has 0 bridgehead atoms. The van der Waals surface area contributed by atoms with Crippen molar-refractivity contribution in [3.05, 3.63) is 61.6 Å². The highest BCUT2D eigenvalue weighted by Gasteiger charge is 2.13. The van der Waals surface area contributed by atoms with Gasteiger partial charge in [-0.05, 0) is 68.9 Å². The molecule has 18 heavy (non-hydrogen) atoms. The summed E-state index contributed by atoms with van der Waals surface area (Å²) in [6, 6.07) is 12.9. The lowest BCUT2D eigenvalue weighted by Crippen LogP contribution is -2.02. The van der Waals surface area contributed by atoms with Gasteiger partial charge in [0.25, 0.3) is 0 Å². The molecule has 0 aliphatic carbocycles. The number of carbonyl (C=O) groups excluding carboxylic acids is 1. The van der Waals surface area contributed by atoms with Crippen LogP contribution >= 0.6 is 38.5 Å². The molecule has 0 heterocycles. The molecule has 92 valence electrons. The van der Waals surface area contributed by atoms with Crippen molar-refractivity contribution in [3.63, 3.8) is 0 Å². The fourth-order valence-corrected chi connectivity index (χ4v) is 2.67. The van der Waals surface area contributed by atoms with Crippen LogP contribution < -0.4 is 4.74 Å². The number of carbonyl (C=O) groups is 1. The zero-order valence-electron chi connectivity index (χ0n) is 9.61. The van der Waals surface area contributed by atoms with Gasteiger partial charge < -0.3 is 4.74 Å². The molecule has 0 amide bonds. The summed E-state index contributed by atoms with van der Waals surface area (Å²) < 4.78 is 6.90. The van der Waals surface area contributed by atoms with E-state index in [0.29, 0.717) is 11.1 Å². The smallest absolute Gasteiger partial charge is 0.194 e. The highest BCUT2D eigenvalue weighted by molar-refractivity contribution is 14.1. The van der Waals surface area contributed by atoms with Crippen molar-refractivity contribution in [1.29, 1.82) is 0 Å². The van der Waals surface area contributed by atoms with Gasteiger partial charge in [-0.25, -0.2) is 0 Å². The van der Waals surface area contributed by atoms with E-state index >= 15 is 0 Å². The minimum absolute atomic E-state index is 0.00282. The molecule has 2 rings (SSSR count). The molecule has 2 aromatic rings. The molecule has 0 fully saturated rings. The number of ether oxygens (including phenoxy) is 1. The Bertz CT molecular complexity index is 596. The van der Waals surface area contributed by atoms with Crippen LogP contribution in [0.5, 0.6) is 5.75 Å². The molecule has 0 aromatic heterocycles. The molecule has 2 aromatic carbocycles. The number of rotatable bonds is 3. The second-order valence-electron chi connectivity index (χ2n) is 3.69. The molecule has 0 aliphatic heterocycles. The van der Waals surface area contributed by atoms with Crippen LogP contribution in [-0.2, 0) is 0 Å². The molecular weight excluding hydrogens is 407 g/mol. The Morgan fingerprint density at radius 2 is 2.00 bits per heavy atom. The molecular formula is C14H10BrIO2. The van der Waals surface area contributed by atoms with Crippen LogP contribution in [0.1, 0.15) is 15.9 Å². The lowest BCUT2D eigenvalue weighted by atomic mass is 10.0. The Morgan fingerprint density at radius 3 is 2.61 bits per heavy atom. The largest absolute Gasteiger partial charge is 0.497 e. The number of benzene rings is 2. The van der Waals surface area contributed by atoms with Gasteiger partial charge in [0.1, 0.15) is 5.75 Å². The molecule has 0 unspecified atom stereocenters.